The van der Waals surface area contributed by atoms with Crippen molar-refractivity contribution in [2.45, 2.75) is 25.4 Å². The van der Waals surface area contributed by atoms with E-state index in [1.165, 1.54) is 6.08 Å². The summed E-state index contributed by atoms with van der Waals surface area (Å²) < 4.78 is 5.80. The summed E-state index contributed by atoms with van der Waals surface area (Å²) >= 11 is 14.8. The Bertz CT molecular complexity index is 655. The van der Waals surface area contributed by atoms with Crippen LogP contribution >= 0.6 is 39.1 Å². The summed E-state index contributed by atoms with van der Waals surface area (Å²) in [6, 6.07) is 7.05. The molecule has 0 amide bonds. The average Bonchev–Trinajstić information content (AvgIpc) is 2.46. The van der Waals surface area contributed by atoms with Crippen molar-refractivity contribution in [3.8, 4) is 0 Å². The lowest BCUT2D eigenvalue weighted by molar-refractivity contribution is -0.159. The monoisotopic (exact) mass is 434 g/mol. The van der Waals surface area contributed by atoms with E-state index in [0.29, 0.717) is 5.56 Å². The number of ketones is 1. The van der Waals surface area contributed by atoms with Gasteiger partial charge in [0, 0.05) is 16.8 Å². The molecule has 3 atom stereocenters. The van der Waals surface area contributed by atoms with E-state index in [0.717, 1.165) is 4.47 Å². The zero-order valence-electron chi connectivity index (χ0n) is 13.0. The van der Waals surface area contributed by atoms with Gasteiger partial charge < -0.3 is 9.84 Å². The van der Waals surface area contributed by atoms with Crippen molar-refractivity contribution in [1.82, 2.24) is 0 Å². The van der Waals surface area contributed by atoms with E-state index in [-0.39, 0.29) is 29.7 Å². The molecule has 1 aliphatic rings. The third kappa shape index (κ3) is 4.39. The molecule has 0 bridgehead atoms. The Morgan fingerprint density at radius 3 is 2.58 bits per heavy atom. The first-order valence-corrected chi connectivity index (χ1v) is 9.02. The molecular weight excluding hydrogens is 419 g/mol. The summed E-state index contributed by atoms with van der Waals surface area (Å²) in [4.78, 5) is 24.7. The first-order chi connectivity index (χ1) is 11.3. The summed E-state index contributed by atoms with van der Waals surface area (Å²) in [5, 5.41) is 11.0. The third-order valence-corrected chi connectivity index (χ3v) is 4.86. The van der Waals surface area contributed by atoms with Gasteiger partial charge in [0.2, 0.25) is 0 Å². The number of Topliss-reactive ketones (excluding diaryl/α,β-unsaturated/α-hetero) is 1. The Morgan fingerprint density at radius 1 is 1.42 bits per heavy atom. The van der Waals surface area contributed by atoms with Crippen LogP contribution < -0.4 is 0 Å². The molecule has 4 nitrogen and oxygen atoms in total. The minimum atomic E-state index is -1.38. The molecule has 0 saturated heterocycles. The smallest absolute Gasteiger partial charge is 0.317 e. The van der Waals surface area contributed by atoms with E-state index < -0.39 is 23.4 Å². The molecule has 0 aromatic heterocycles. The summed E-state index contributed by atoms with van der Waals surface area (Å²) in [5.41, 5.74) is -0.781. The van der Waals surface area contributed by atoms with Gasteiger partial charge in [-0.2, -0.15) is 0 Å². The highest BCUT2D eigenvalue weighted by atomic mass is 79.9. The van der Waals surface area contributed by atoms with Crippen molar-refractivity contribution in [3.05, 3.63) is 44.9 Å². The fourth-order valence-electron chi connectivity index (χ4n) is 3.05. The van der Waals surface area contributed by atoms with Crippen LogP contribution in [0.1, 0.15) is 25.3 Å². The Kier molecular flexibility index (Phi) is 6.48. The Hall–Kier alpha value is -0.880. The van der Waals surface area contributed by atoms with Crippen molar-refractivity contribution >= 4 is 50.9 Å². The molecule has 1 aromatic rings. The first-order valence-electron chi connectivity index (χ1n) is 7.47. The standard InChI is InChI=1S/C17H17BrCl2O4/c1-2-24-16(22)15-10(7-14(19)20)8-17(23,9-13(15)21)11-3-5-12(18)6-4-11/h3-7,10,15,23H,2,8-9H2,1H3/t10-,15+,17-/m1/s1. The van der Waals surface area contributed by atoms with Crippen LogP contribution in [-0.4, -0.2) is 23.5 Å². The first kappa shape index (κ1) is 19.4. The summed E-state index contributed by atoms with van der Waals surface area (Å²) in [7, 11) is 0. The highest BCUT2D eigenvalue weighted by molar-refractivity contribution is 9.10. The van der Waals surface area contributed by atoms with Crippen LogP contribution in [0.15, 0.2) is 39.3 Å². The molecule has 1 fully saturated rings. The highest BCUT2D eigenvalue weighted by Crippen LogP contribution is 2.43. The van der Waals surface area contributed by atoms with Crippen molar-refractivity contribution in [2.75, 3.05) is 6.61 Å². The number of esters is 1. The van der Waals surface area contributed by atoms with Crippen LogP contribution in [0.2, 0.25) is 0 Å². The molecule has 0 radical (unpaired) electrons. The molecule has 130 valence electrons. The minimum absolute atomic E-state index is 0.0536. The molecule has 1 aliphatic carbocycles. The lowest BCUT2D eigenvalue weighted by Crippen LogP contribution is -2.45. The maximum absolute atomic E-state index is 12.6. The fourth-order valence-corrected chi connectivity index (χ4v) is 3.64. The Morgan fingerprint density at radius 2 is 2.04 bits per heavy atom. The van der Waals surface area contributed by atoms with Gasteiger partial charge in [0.15, 0.2) is 5.78 Å². The largest absolute Gasteiger partial charge is 0.465 e. The number of rotatable bonds is 4. The zero-order valence-corrected chi connectivity index (χ0v) is 16.1. The molecule has 1 saturated carbocycles. The van der Waals surface area contributed by atoms with Crippen LogP contribution in [-0.2, 0) is 19.9 Å². The molecule has 1 N–H and O–H groups in total. The number of carbonyl (C=O) groups excluding carboxylic acids is 2. The molecule has 0 unspecified atom stereocenters. The van der Waals surface area contributed by atoms with E-state index in [1.807, 2.05) is 0 Å². The number of allylic oxidation sites excluding steroid dienone is 1. The van der Waals surface area contributed by atoms with Gasteiger partial charge in [-0.15, -0.1) is 0 Å². The summed E-state index contributed by atoms with van der Waals surface area (Å²) in [5.74, 6) is -2.64. The number of aliphatic hydroxyl groups is 1. The topological polar surface area (TPSA) is 63.6 Å². The van der Waals surface area contributed by atoms with Gasteiger partial charge >= 0.3 is 5.97 Å². The van der Waals surface area contributed by atoms with Crippen molar-refractivity contribution < 1.29 is 19.4 Å². The van der Waals surface area contributed by atoms with E-state index in [4.69, 9.17) is 27.9 Å². The number of halogens is 3. The second kappa shape index (κ2) is 8.00. The van der Waals surface area contributed by atoms with Crippen LogP contribution in [0.4, 0.5) is 0 Å². The van der Waals surface area contributed by atoms with Gasteiger partial charge in [0.05, 0.1) is 12.2 Å². The van der Waals surface area contributed by atoms with Crippen molar-refractivity contribution in [2.24, 2.45) is 11.8 Å². The normalized spacial score (nSPS) is 26.8. The lowest BCUT2D eigenvalue weighted by Gasteiger charge is -2.38. The lowest BCUT2D eigenvalue weighted by atomic mass is 9.68. The number of ether oxygens (including phenoxy) is 1. The van der Waals surface area contributed by atoms with Gasteiger partial charge in [-0.3, -0.25) is 9.59 Å². The predicted octanol–water partition coefficient (Wildman–Crippen LogP) is 4.11. The van der Waals surface area contributed by atoms with Crippen molar-refractivity contribution in [3.63, 3.8) is 0 Å². The second-order valence-corrected chi connectivity index (χ2v) is 7.66. The van der Waals surface area contributed by atoms with E-state index >= 15 is 0 Å². The minimum Gasteiger partial charge on any atom is -0.465 e. The van der Waals surface area contributed by atoms with Gasteiger partial charge in [0.25, 0.3) is 0 Å². The predicted molar refractivity (Wildman–Crippen MR) is 95.7 cm³/mol. The zero-order chi connectivity index (χ0) is 17.9. The van der Waals surface area contributed by atoms with Crippen LogP contribution in [0, 0.1) is 11.8 Å². The van der Waals surface area contributed by atoms with Gasteiger partial charge in [-0.1, -0.05) is 51.3 Å². The second-order valence-electron chi connectivity index (χ2n) is 5.74. The maximum Gasteiger partial charge on any atom is 0.317 e. The maximum atomic E-state index is 12.6. The highest BCUT2D eigenvalue weighted by Gasteiger charge is 2.48. The van der Waals surface area contributed by atoms with Gasteiger partial charge in [-0.25, -0.2) is 0 Å². The van der Waals surface area contributed by atoms with E-state index in [9.17, 15) is 14.7 Å². The Labute approximate surface area is 158 Å². The molecular formula is C17H17BrCl2O4. The van der Waals surface area contributed by atoms with Crippen LogP contribution in [0.5, 0.6) is 0 Å². The molecule has 2 rings (SSSR count). The van der Waals surface area contributed by atoms with Crippen LogP contribution in [0.3, 0.4) is 0 Å². The fraction of sp³-hybridized carbons (Fsp3) is 0.412. The average molecular weight is 436 g/mol. The summed E-state index contributed by atoms with van der Waals surface area (Å²) in [6.07, 6.45) is 1.40. The molecule has 0 heterocycles. The summed E-state index contributed by atoms with van der Waals surface area (Å²) in [6.45, 7) is 1.84. The number of hydrogen-bond donors (Lipinski definition) is 1. The molecule has 0 aliphatic heterocycles. The van der Waals surface area contributed by atoms with Crippen molar-refractivity contribution in [1.29, 1.82) is 0 Å². The van der Waals surface area contributed by atoms with Gasteiger partial charge in [-0.05, 0) is 37.1 Å². The number of benzene rings is 1. The number of hydrogen-bond acceptors (Lipinski definition) is 4. The Balaban J connectivity index is 2.37. The molecule has 1 aromatic carbocycles. The quantitative estimate of drug-likeness (QED) is 0.570. The molecule has 24 heavy (non-hydrogen) atoms. The third-order valence-electron chi connectivity index (χ3n) is 4.08. The van der Waals surface area contributed by atoms with E-state index in [1.54, 1.807) is 31.2 Å². The molecule has 7 heteroatoms. The number of carbonyl (C=O) groups is 2. The van der Waals surface area contributed by atoms with E-state index in [2.05, 4.69) is 15.9 Å². The molecule has 0 spiro atoms. The van der Waals surface area contributed by atoms with Gasteiger partial charge in [0.1, 0.15) is 10.4 Å². The van der Waals surface area contributed by atoms with Crippen LogP contribution in [0.25, 0.3) is 0 Å². The SMILES string of the molecule is CCOC(=O)[C@@H]1C(=O)C[C@@](O)(c2ccc(Br)cc2)C[C@H]1C=C(Cl)Cl.